The molecule has 1 N–H and O–H groups in total. The minimum Gasteiger partial charge on any atom is -0.377 e. The average molecular weight is 306 g/mol. The highest BCUT2D eigenvalue weighted by Gasteiger charge is 2.32. The molecule has 6 nitrogen and oxygen atoms in total. The minimum absolute atomic E-state index is 0.0281. The van der Waals surface area contributed by atoms with Gasteiger partial charge >= 0.3 is 0 Å². The molecule has 0 radical (unpaired) electrons. The van der Waals surface area contributed by atoms with Crippen LogP contribution in [0.4, 0.5) is 0 Å². The summed E-state index contributed by atoms with van der Waals surface area (Å²) in [5, 5.41) is 7.97. The molecule has 3 heterocycles. The first kappa shape index (κ1) is 14.2. The number of nitrogens with one attached hydrogen (secondary N) is 1. The van der Waals surface area contributed by atoms with Gasteiger partial charge in [0.15, 0.2) is 0 Å². The molecule has 1 aliphatic heterocycles. The van der Waals surface area contributed by atoms with E-state index in [9.17, 15) is 4.79 Å². The molecule has 0 spiro atoms. The number of nitrogens with zero attached hydrogens (tertiary/aromatic N) is 3. The summed E-state index contributed by atoms with van der Waals surface area (Å²) in [6, 6.07) is -0.115. The van der Waals surface area contributed by atoms with E-state index in [1.165, 1.54) is 11.3 Å². The summed E-state index contributed by atoms with van der Waals surface area (Å²) in [4.78, 5) is 19.8. The predicted molar refractivity (Wildman–Crippen MR) is 79.5 cm³/mol. The zero-order chi connectivity index (χ0) is 15.0. The van der Waals surface area contributed by atoms with Gasteiger partial charge in [0.1, 0.15) is 4.88 Å². The molecule has 0 aromatic carbocycles. The number of carbonyl (C=O) groups is 1. The van der Waals surface area contributed by atoms with Crippen LogP contribution in [-0.4, -0.2) is 45.7 Å². The lowest BCUT2D eigenvalue weighted by atomic mass is 10.1. The van der Waals surface area contributed by atoms with Crippen LogP contribution < -0.4 is 0 Å². The molecule has 0 aliphatic carbocycles. The van der Waals surface area contributed by atoms with Crippen molar-refractivity contribution in [3.63, 3.8) is 0 Å². The Morgan fingerprint density at radius 1 is 1.48 bits per heavy atom. The number of rotatable bonds is 2. The van der Waals surface area contributed by atoms with Crippen molar-refractivity contribution < 1.29 is 9.53 Å². The Hall–Kier alpha value is -1.73. The summed E-state index contributed by atoms with van der Waals surface area (Å²) in [6.45, 7) is 7.42. The molecule has 1 fully saturated rings. The molecule has 21 heavy (non-hydrogen) atoms. The number of carbonyl (C=O) groups excluding carboxylic acids is 1. The Labute approximate surface area is 127 Å². The maximum absolute atomic E-state index is 12.9. The third-order valence-corrected chi connectivity index (χ3v) is 4.75. The second-order valence-electron chi connectivity index (χ2n) is 5.20. The zero-order valence-corrected chi connectivity index (χ0v) is 13.2. The maximum Gasteiger partial charge on any atom is 0.266 e. The molecule has 2 aromatic heterocycles. The molecule has 1 aliphatic rings. The Kier molecular flexibility index (Phi) is 3.77. The van der Waals surface area contributed by atoms with Gasteiger partial charge in [-0.2, -0.15) is 5.10 Å². The molecule has 7 heteroatoms. The summed E-state index contributed by atoms with van der Waals surface area (Å²) in [7, 11) is 0. The quantitative estimate of drug-likeness (QED) is 0.921. The van der Waals surface area contributed by atoms with E-state index < -0.39 is 0 Å². The number of thiazole rings is 1. The van der Waals surface area contributed by atoms with E-state index in [0.717, 1.165) is 26.8 Å². The number of hydrogen-bond acceptors (Lipinski definition) is 5. The van der Waals surface area contributed by atoms with E-state index in [1.54, 1.807) is 6.20 Å². The lowest BCUT2D eigenvalue weighted by molar-refractivity contribution is -0.00386. The van der Waals surface area contributed by atoms with Crippen LogP contribution >= 0.6 is 11.3 Å². The largest absolute Gasteiger partial charge is 0.377 e. The Balaban J connectivity index is 1.93. The van der Waals surface area contributed by atoms with Crippen molar-refractivity contribution in [3.8, 4) is 0 Å². The lowest BCUT2D eigenvalue weighted by Gasteiger charge is -2.35. The van der Waals surface area contributed by atoms with E-state index in [4.69, 9.17) is 4.74 Å². The van der Waals surface area contributed by atoms with Crippen molar-refractivity contribution in [1.82, 2.24) is 20.1 Å². The van der Waals surface area contributed by atoms with Gasteiger partial charge < -0.3 is 9.64 Å². The van der Waals surface area contributed by atoms with Crippen LogP contribution in [0.1, 0.15) is 37.7 Å². The van der Waals surface area contributed by atoms with Crippen molar-refractivity contribution in [2.45, 2.75) is 26.8 Å². The van der Waals surface area contributed by atoms with Gasteiger partial charge in [-0.25, -0.2) is 4.98 Å². The molecule has 0 unspecified atom stereocenters. The fraction of sp³-hybridized carbons (Fsp3) is 0.500. The fourth-order valence-electron chi connectivity index (χ4n) is 2.64. The highest BCUT2D eigenvalue weighted by atomic mass is 32.1. The standard InChI is InChI=1S/C14H18N4O2S/c1-8-6-15-17-12(8)11-7-20-5-4-18(11)14(19)13-9(2)16-10(3)21-13/h6,11H,4-5,7H2,1-3H3,(H,15,17)/t11-/m0/s1. The molecule has 1 atom stereocenters. The van der Waals surface area contributed by atoms with Gasteiger partial charge in [0.2, 0.25) is 0 Å². The van der Waals surface area contributed by atoms with E-state index in [0.29, 0.717) is 19.8 Å². The number of H-pyrrole nitrogens is 1. The molecule has 3 rings (SSSR count). The third-order valence-electron chi connectivity index (χ3n) is 3.69. The number of aryl methyl sites for hydroxylation is 3. The Morgan fingerprint density at radius 3 is 2.90 bits per heavy atom. The van der Waals surface area contributed by atoms with E-state index in [-0.39, 0.29) is 11.9 Å². The highest BCUT2D eigenvalue weighted by molar-refractivity contribution is 7.13. The van der Waals surface area contributed by atoms with Crippen LogP contribution in [0, 0.1) is 20.8 Å². The second-order valence-corrected chi connectivity index (χ2v) is 6.41. The predicted octanol–water partition coefficient (Wildman–Crippen LogP) is 2.01. The zero-order valence-electron chi connectivity index (χ0n) is 12.3. The molecule has 2 aromatic rings. The van der Waals surface area contributed by atoms with Gasteiger partial charge in [-0.3, -0.25) is 9.89 Å². The van der Waals surface area contributed by atoms with Crippen molar-refractivity contribution in [2.24, 2.45) is 0 Å². The number of morpholine rings is 1. The maximum atomic E-state index is 12.9. The van der Waals surface area contributed by atoms with Crippen molar-refractivity contribution in [1.29, 1.82) is 0 Å². The van der Waals surface area contributed by atoms with Gasteiger partial charge in [-0.05, 0) is 26.3 Å². The molecule has 112 valence electrons. The first-order valence-corrected chi connectivity index (χ1v) is 7.72. The van der Waals surface area contributed by atoms with Gasteiger partial charge in [0, 0.05) is 6.54 Å². The molecule has 0 saturated carbocycles. The van der Waals surface area contributed by atoms with Crippen LogP contribution in [0.3, 0.4) is 0 Å². The lowest BCUT2D eigenvalue weighted by Crippen LogP contribution is -2.43. The van der Waals surface area contributed by atoms with Crippen molar-refractivity contribution in [3.05, 3.63) is 33.0 Å². The van der Waals surface area contributed by atoms with Gasteiger partial charge in [0.25, 0.3) is 5.91 Å². The summed E-state index contributed by atoms with van der Waals surface area (Å²) < 4.78 is 5.56. The number of amides is 1. The second kappa shape index (κ2) is 5.57. The molecular weight excluding hydrogens is 288 g/mol. The molecule has 1 amide bonds. The SMILES string of the molecule is Cc1nc(C)c(C(=O)N2CCOC[C@H]2c2[nH]ncc2C)s1. The number of ether oxygens (including phenoxy) is 1. The summed E-state index contributed by atoms with van der Waals surface area (Å²) >= 11 is 1.45. The molecule has 1 saturated heterocycles. The first-order valence-electron chi connectivity index (χ1n) is 6.90. The monoisotopic (exact) mass is 306 g/mol. The smallest absolute Gasteiger partial charge is 0.266 e. The van der Waals surface area contributed by atoms with Gasteiger partial charge in [-0.15, -0.1) is 11.3 Å². The van der Waals surface area contributed by atoms with Crippen LogP contribution in [0.2, 0.25) is 0 Å². The average Bonchev–Trinajstić information content (AvgIpc) is 3.03. The molecule has 0 bridgehead atoms. The van der Waals surface area contributed by atoms with Crippen molar-refractivity contribution in [2.75, 3.05) is 19.8 Å². The van der Waals surface area contributed by atoms with Crippen LogP contribution in [0.5, 0.6) is 0 Å². The van der Waals surface area contributed by atoms with E-state index in [1.807, 2.05) is 25.7 Å². The normalized spacial score (nSPS) is 19.0. The number of aromatic amines is 1. The first-order chi connectivity index (χ1) is 10.1. The minimum atomic E-state index is -0.115. The fourth-order valence-corrected chi connectivity index (χ4v) is 3.52. The Morgan fingerprint density at radius 2 is 2.29 bits per heavy atom. The van der Waals surface area contributed by atoms with Crippen molar-refractivity contribution >= 4 is 17.2 Å². The Bertz CT molecular complexity index is 664. The van der Waals surface area contributed by atoms with E-state index in [2.05, 4.69) is 15.2 Å². The summed E-state index contributed by atoms with van der Waals surface area (Å²) in [5.74, 6) is 0.0281. The van der Waals surface area contributed by atoms with Gasteiger partial charge in [-0.1, -0.05) is 0 Å². The topological polar surface area (TPSA) is 71.1 Å². The number of hydrogen-bond donors (Lipinski definition) is 1. The summed E-state index contributed by atoms with van der Waals surface area (Å²) in [6.07, 6.45) is 1.77. The van der Waals surface area contributed by atoms with Crippen LogP contribution in [0.25, 0.3) is 0 Å². The summed E-state index contributed by atoms with van der Waals surface area (Å²) in [5.41, 5.74) is 2.79. The highest BCUT2D eigenvalue weighted by Crippen LogP contribution is 2.29. The van der Waals surface area contributed by atoms with Crippen LogP contribution in [0.15, 0.2) is 6.20 Å². The van der Waals surface area contributed by atoms with Gasteiger partial charge in [0.05, 0.1) is 41.8 Å². The van der Waals surface area contributed by atoms with E-state index >= 15 is 0 Å². The van der Waals surface area contributed by atoms with Crippen LogP contribution in [-0.2, 0) is 4.74 Å². The molecular formula is C14H18N4O2S. The third kappa shape index (κ3) is 2.58. The number of aromatic nitrogens is 3.